The number of benzene rings is 1. The molecule has 1 rings (SSSR count). The third kappa shape index (κ3) is 5.14. The minimum absolute atomic E-state index is 0.0833. The Bertz CT molecular complexity index is 389. The van der Waals surface area contributed by atoms with Crippen molar-refractivity contribution in [2.24, 2.45) is 0 Å². The van der Waals surface area contributed by atoms with Crippen LogP contribution in [-0.4, -0.2) is 40.2 Å². The smallest absolute Gasteiger partial charge is 0.154 e. The van der Waals surface area contributed by atoms with Crippen LogP contribution in [-0.2, 0) is 14.6 Å². The molecular formula is C11H17NO3S. The highest BCUT2D eigenvalue weighted by atomic mass is 32.2. The van der Waals surface area contributed by atoms with E-state index in [-0.39, 0.29) is 18.1 Å². The number of ether oxygens (including phenoxy) is 1. The summed E-state index contributed by atoms with van der Waals surface area (Å²) in [6.45, 7) is 0.684. The Hall–Kier alpha value is -1.07. The van der Waals surface area contributed by atoms with E-state index in [9.17, 15) is 8.42 Å². The van der Waals surface area contributed by atoms with Gasteiger partial charge in [0.25, 0.3) is 0 Å². The van der Waals surface area contributed by atoms with E-state index in [4.69, 9.17) is 4.74 Å². The van der Waals surface area contributed by atoms with Gasteiger partial charge in [0.1, 0.15) is 0 Å². The van der Waals surface area contributed by atoms with Crippen molar-refractivity contribution < 1.29 is 13.2 Å². The number of nitrogens with one attached hydrogen (secondary N) is 1. The van der Waals surface area contributed by atoms with Crippen LogP contribution in [0.1, 0.15) is 0 Å². The standard InChI is InChI=1S/C11H17NO3S/c1-15-8-10-16(13,14)9-7-12-11-5-3-2-4-6-11/h2-6,12H,7-10H2,1H3. The lowest BCUT2D eigenvalue weighted by molar-refractivity contribution is 0.217. The van der Waals surface area contributed by atoms with Crippen molar-refractivity contribution in [3.8, 4) is 0 Å². The Labute approximate surface area is 96.5 Å². The Kier molecular flexibility index (Phi) is 5.28. The molecule has 5 heteroatoms. The number of hydrogen-bond donors (Lipinski definition) is 1. The van der Waals surface area contributed by atoms with Gasteiger partial charge in [-0.3, -0.25) is 0 Å². The molecule has 0 saturated heterocycles. The lowest BCUT2D eigenvalue weighted by Gasteiger charge is -2.06. The zero-order valence-corrected chi connectivity index (χ0v) is 10.2. The maximum atomic E-state index is 11.5. The summed E-state index contributed by atoms with van der Waals surface area (Å²) in [4.78, 5) is 0. The topological polar surface area (TPSA) is 55.4 Å². The van der Waals surface area contributed by atoms with E-state index >= 15 is 0 Å². The maximum absolute atomic E-state index is 11.5. The van der Waals surface area contributed by atoms with Crippen LogP contribution in [0.3, 0.4) is 0 Å². The van der Waals surface area contributed by atoms with Crippen molar-refractivity contribution in [3.63, 3.8) is 0 Å². The SMILES string of the molecule is COCCS(=O)(=O)CCNc1ccccc1. The second-order valence-electron chi connectivity index (χ2n) is 3.44. The molecule has 0 fully saturated rings. The maximum Gasteiger partial charge on any atom is 0.154 e. The second kappa shape index (κ2) is 6.50. The van der Waals surface area contributed by atoms with Crippen LogP contribution < -0.4 is 5.32 Å². The van der Waals surface area contributed by atoms with Crippen molar-refractivity contribution in [3.05, 3.63) is 30.3 Å². The summed E-state index contributed by atoms with van der Waals surface area (Å²) in [6, 6.07) is 9.54. The number of methoxy groups -OCH3 is 1. The fraction of sp³-hybridized carbons (Fsp3) is 0.455. The molecule has 0 aliphatic rings. The first kappa shape index (κ1) is 13.0. The van der Waals surface area contributed by atoms with Crippen molar-refractivity contribution in [1.29, 1.82) is 0 Å². The molecule has 4 nitrogen and oxygen atoms in total. The van der Waals surface area contributed by atoms with Crippen LogP contribution >= 0.6 is 0 Å². The van der Waals surface area contributed by atoms with Gasteiger partial charge in [-0.2, -0.15) is 0 Å². The zero-order valence-electron chi connectivity index (χ0n) is 9.35. The quantitative estimate of drug-likeness (QED) is 0.781. The molecule has 0 aliphatic carbocycles. The van der Waals surface area contributed by atoms with Crippen molar-refractivity contribution in [1.82, 2.24) is 0 Å². The average Bonchev–Trinajstić information content (AvgIpc) is 2.28. The largest absolute Gasteiger partial charge is 0.384 e. The molecule has 90 valence electrons. The van der Waals surface area contributed by atoms with Crippen molar-refractivity contribution >= 4 is 15.5 Å². The monoisotopic (exact) mass is 243 g/mol. The molecule has 1 aromatic rings. The summed E-state index contributed by atoms with van der Waals surface area (Å²) in [5.41, 5.74) is 0.935. The average molecular weight is 243 g/mol. The lowest BCUT2D eigenvalue weighted by Crippen LogP contribution is -2.20. The minimum atomic E-state index is -3.00. The molecule has 0 radical (unpaired) electrons. The molecule has 0 atom stereocenters. The van der Waals surface area contributed by atoms with Crippen LogP contribution in [0.2, 0.25) is 0 Å². The van der Waals surface area contributed by atoms with Gasteiger partial charge in [-0.1, -0.05) is 18.2 Å². The fourth-order valence-electron chi connectivity index (χ4n) is 1.22. The summed E-state index contributed by atoms with van der Waals surface area (Å²) in [5, 5.41) is 3.06. The molecule has 0 amide bonds. The van der Waals surface area contributed by atoms with Crippen LogP contribution in [0, 0.1) is 0 Å². The van der Waals surface area contributed by atoms with Crippen LogP contribution in [0.5, 0.6) is 0 Å². The van der Waals surface area contributed by atoms with E-state index in [1.165, 1.54) is 7.11 Å². The Morgan fingerprint density at radius 3 is 2.50 bits per heavy atom. The van der Waals surface area contributed by atoms with Gasteiger partial charge in [0.2, 0.25) is 0 Å². The molecule has 0 aromatic heterocycles. The third-order valence-corrected chi connectivity index (χ3v) is 3.73. The summed E-state index contributed by atoms with van der Waals surface area (Å²) >= 11 is 0. The first-order chi connectivity index (χ1) is 7.64. The van der Waals surface area contributed by atoms with Gasteiger partial charge in [-0.05, 0) is 12.1 Å². The van der Waals surface area contributed by atoms with E-state index in [0.717, 1.165) is 5.69 Å². The summed E-state index contributed by atoms with van der Waals surface area (Å²) in [5.74, 6) is 0.214. The highest BCUT2D eigenvalue weighted by Crippen LogP contribution is 2.04. The molecule has 1 aromatic carbocycles. The summed E-state index contributed by atoms with van der Waals surface area (Å²) in [6.07, 6.45) is 0. The first-order valence-corrected chi connectivity index (χ1v) is 6.94. The molecule has 0 spiro atoms. The Balaban J connectivity index is 2.30. The number of sulfone groups is 1. The van der Waals surface area contributed by atoms with Gasteiger partial charge in [0.05, 0.1) is 18.1 Å². The van der Waals surface area contributed by atoms with E-state index < -0.39 is 9.84 Å². The summed E-state index contributed by atoms with van der Waals surface area (Å²) < 4.78 is 27.7. The van der Waals surface area contributed by atoms with E-state index in [1.54, 1.807) is 0 Å². The van der Waals surface area contributed by atoms with Gasteiger partial charge in [-0.15, -0.1) is 0 Å². The molecule has 0 unspecified atom stereocenters. The zero-order chi connectivity index (χ0) is 11.9. The number of hydrogen-bond acceptors (Lipinski definition) is 4. The number of anilines is 1. The molecule has 0 heterocycles. The molecule has 0 saturated carbocycles. The van der Waals surface area contributed by atoms with Crippen LogP contribution in [0.4, 0.5) is 5.69 Å². The highest BCUT2D eigenvalue weighted by Gasteiger charge is 2.09. The number of rotatable bonds is 7. The Morgan fingerprint density at radius 1 is 1.19 bits per heavy atom. The van der Waals surface area contributed by atoms with E-state index in [2.05, 4.69) is 5.32 Å². The van der Waals surface area contributed by atoms with Gasteiger partial charge in [-0.25, -0.2) is 8.42 Å². The Morgan fingerprint density at radius 2 is 1.88 bits per heavy atom. The second-order valence-corrected chi connectivity index (χ2v) is 5.74. The van der Waals surface area contributed by atoms with Crippen molar-refractivity contribution in [2.75, 3.05) is 37.1 Å². The van der Waals surface area contributed by atoms with E-state index in [1.807, 2.05) is 30.3 Å². The van der Waals surface area contributed by atoms with Crippen LogP contribution in [0.15, 0.2) is 30.3 Å². The molecular weight excluding hydrogens is 226 g/mol. The number of para-hydroxylation sites is 1. The molecule has 1 N–H and O–H groups in total. The minimum Gasteiger partial charge on any atom is -0.384 e. The van der Waals surface area contributed by atoms with Gasteiger partial charge < -0.3 is 10.1 Å². The first-order valence-electron chi connectivity index (χ1n) is 5.12. The molecule has 0 bridgehead atoms. The highest BCUT2D eigenvalue weighted by molar-refractivity contribution is 7.91. The predicted molar refractivity (Wildman–Crippen MR) is 65.5 cm³/mol. The third-order valence-electron chi connectivity index (χ3n) is 2.11. The van der Waals surface area contributed by atoms with Gasteiger partial charge >= 0.3 is 0 Å². The predicted octanol–water partition coefficient (Wildman–Crippen LogP) is 1.16. The van der Waals surface area contributed by atoms with E-state index in [0.29, 0.717) is 6.54 Å². The van der Waals surface area contributed by atoms with Gasteiger partial charge in [0, 0.05) is 19.3 Å². The van der Waals surface area contributed by atoms with Crippen LogP contribution in [0.25, 0.3) is 0 Å². The summed E-state index contributed by atoms with van der Waals surface area (Å²) in [7, 11) is -1.50. The normalized spacial score (nSPS) is 11.3. The van der Waals surface area contributed by atoms with Gasteiger partial charge in [0.15, 0.2) is 9.84 Å². The fourth-order valence-corrected chi connectivity index (χ4v) is 2.26. The molecule has 0 aliphatic heterocycles. The lowest BCUT2D eigenvalue weighted by atomic mass is 10.3. The van der Waals surface area contributed by atoms with Crippen molar-refractivity contribution in [2.45, 2.75) is 0 Å². The molecule has 16 heavy (non-hydrogen) atoms.